The molecule has 2 aromatic carbocycles. The number of ether oxygens (including phenoxy) is 1. The zero-order valence-corrected chi connectivity index (χ0v) is 10.3. The van der Waals surface area contributed by atoms with Crippen molar-refractivity contribution in [3.63, 3.8) is 0 Å². The SMILES string of the molecule is O=C([O-])/C=C/c1ccccc1OCc1ccccc1. The van der Waals surface area contributed by atoms with E-state index >= 15 is 0 Å². The third kappa shape index (κ3) is 4.00. The Labute approximate surface area is 111 Å². The molecule has 0 aliphatic rings. The molecule has 0 amide bonds. The van der Waals surface area contributed by atoms with E-state index in [1.54, 1.807) is 12.1 Å². The minimum Gasteiger partial charge on any atom is -0.545 e. The van der Waals surface area contributed by atoms with Gasteiger partial charge in [-0.3, -0.25) is 0 Å². The molecule has 0 spiro atoms. The van der Waals surface area contributed by atoms with E-state index in [0.717, 1.165) is 11.6 Å². The van der Waals surface area contributed by atoms with Crippen LogP contribution in [-0.4, -0.2) is 5.97 Å². The van der Waals surface area contributed by atoms with Gasteiger partial charge in [0.25, 0.3) is 0 Å². The zero-order chi connectivity index (χ0) is 13.5. The molecular formula is C16H13O3-. The van der Waals surface area contributed by atoms with Crippen LogP contribution in [0.4, 0.5) is 0 Å². The minimum atomic E-state index is -1.22. The average molecular weight is 253 g/mol. The fourth-order valence-corrected chi connectivity index (χ4v) is 1.64. The van der Waals surface area contributed by atoms with Gasteiger partial charge in [-0.25, -0.2) is 0 Å². The summed E-state index contributed by atoms with van der Waals surface area (Å²) in [6, 6.07) is 17.0. The number of hydrogen-bond donors (Lipinski definition) is 0. The van der Waals surface area contributed by atoms with Gasteiger partial charge in [0.2, 0.25) is 0 Å². The van der Waals surface area contributed by atoms with Crippen LogP contribution in [0, 0.1) is 0 Å². The van der Waals surface area contributed by atoms with Crippen molar-refractivity contribution in [2.75, 3.05) is 0 Å². The molecule has 0 unspecified atom stereocenters. The second kappa shape index (κ2) is 6.40. The molecule has 0 saturated carbocycles. The summed E-state index contributed by atoms with van der Waals surface area (Å²) in [5.41, 5.74) is 1.77. The van der Waals surface area contributed by atoms with Crippen LogP contribution in [0.2, 0.25) is 0 Å². The van der Waals surface area contributed by atoms with E-state index in [1.807, 2.05) is 42.5 Å². The third-order valence-corrected chi connectivity index (χ3v) is 2.56. The van der Waals surface area contributed by atoms with Crippen LogP contribution in [0.15, 0.2) is 60.7 Å². The van der Waals surface area contributed by atoms with Gasteiger partial charge in [-0.2, -0.15) is 0 Å². The van der Waals surface area contributed by atoms with Gasteiger partial charge in [0.05, 0.1) is 5.97 Å². The van der Waals surface area contributed by atoms with Crippen molar-refractivity contribution in [1.82, 2.24) is 0 Å². The van der Waals surface area contributed by atoms with Crippen molar-refractivity contribution in [2.24, 2.45) is 0 Å². The van der Waals surface area contributed by atoms with Gasteiger partial charge in [0.15, 0.2) is 0 Å². The van der Waals surface area contributed by atoms with E-state index in [9.17, 15) is 9.90 Å². The van der Waals surface area contributed by atoms with Gasteiger partial charge >= 0.3 is 0 Å². The highest BCUT2D eigenvalue weighted by atomic mass is 16.5. The Balaban J connectivity index is 2.10. The Morgan fingerprint density at radius 1 is 1.05 bits per heavy atom. The first-order valence-corrected chi connectivity index (χ1v) is 5.90. The van der Waals surface area contributed by atoms with Crippen molar-refractivity contribution in [1.29, 1.82) is 0 Å². The first kappa shape index (κ1) is 12.9. The number of carboxylic acid groups (broad SMARTS) is 1. The smallest absolute Gasteiger partial charge is 0.127 e. The maximum atomic E-state index is 10.4. The molecule has 0 radical (unpaired) electrons. The number of carbonyl (C=O) groups excluding carboxylic acids is 1. The van der Waals surface area contributed by atoms with Crippen LogP contribution in [-0.2, 0) is 11.4 Å². The van der Waals surface area contributed by atoms with Crippen molar-refractivity contribution in [3.8, 4) is 5.75 Å². The van der Waals surface area contributed by atoms with Crippen LogP contribution >= 0.6 is 0 Å². The number of carbonyl (C=O) groups is 1. The lowest BCUT2D eigenvalue weighted by molar-refractivity contribution is -0.297. The molecule has 3 nitrogen and oxygen atoms in total. The van der Waals surface area contributed by atoms with Crippen molar-refractivity contribution in [3.05, 3.63) is 71.8 Å². The van der Waals surface area contributed by atoms with E-state index in [4.69, 9.17) is 4.74 Å². The van der Waals surface area contributed by atoms with Crippen LogP contribution in [0.25, 0.3) is 6.08 Å². The van der Waals surface area contributed by atoms with E-state index in [1.165, 1.54) is 6.08 Å². The Morgan fingerprint density at radius 3 is 2.47 bits per heavy atom. The largest absolute Gasteiger partial charge is 0.545 e. The Bertz CT molecular complexity index is 574. The number of hydrogen-bond acceptors (Lipinski definition) is 3. The zero-order valence-electron chi connectivity index (χ0n) is 10.3. The highest BCUT2D eigenvalue weighted by Crippen LogP contribution is 2.20. The number of para-hydroxylation sites is 1. The van der Waals surface area contributed by atoms with Crippen LogP contribution in [0.1, 0.15) is 11.1 Å². The third-order valence-electron chi connectivity index (χ3n) is 2.56. The summed E-state index contributed by atoms with van der Waals surface area (Å²) in [6.07, 6.45) is 2.46. The molecule has 0 fully saturated rings. The monoisotopic (exact) mass is 253 g/mol. The topological polar surface area (TPSA) is 49.4 Å². The number of carboxylic acids is 1. The standard InChI is InChI=1S/C16H14O3/c17-16(18)11-10-14-8-4-5-9-15(14)19-12-13-6-2-1-3-7-13/h1-11H,12H2,(H,17,18)/p-1/b11-10+. The number of benzene rings is 2. The second-order valence-electron chi connectivity index (χ2n) is 3.96. The van der Waals surface area contributed by atoms with Crippen molar-refractivity contribution < 1.29 is 14.6 Å². The van der Waals surface area contributed by atoms with Crippen LogP contribution in [0.3, 0.4) is 0 Å². The lowest BCUT2D eigenvalue weighted by atomic mass is 10.2. The summed E-state index contributed by atoms with van der Waals surface area (Å²) in [4.78, 5) is 10.4. The summed E-state index contributed by atoms with van der Waals surface area (Å²) in [5, 5.41) is 10.4. The summed E-state index contributed by atoms with van der Waals surface area (Å²) < 4.78 is 5.69. The fraction of sp³-hybridized carbons (Fsp3) is 0.0625. The molecule has 2 aromatic rings. The Hall–Kier alpha value is -2.55. The molecule has 3 heteroatoms. The lowest BCUT2D eigenvalue weighted by Crippen LogP contribution is -2.18. The second-order valence-corrected chi connectivity index (χ2v) is 3.96. The molecule has 0 aliphatic heterocycles. The molecule has 0 bridgehead atoms. The normalized spacial score (nSPS) is 10.5. The van der Waals surface area contributed by atoms with Gasteiger partial charge in [-0.15, -0.1) is 0 Å². The predicted octanol–water partition coefficient (Wildman–Crippen LogP) is 2.03. The van der Waals surface area contributed by atoms with E-state index in [-0.39, 0.29) is 0 Å². The van der Waals surface area contributed by atoms with E-state index in [0.29, 0.717) is 17.9 Å². The average Bonchev–Trinajstić information content (AvgIpc) is 2.45. The molecular weight excluding hydrogens is 240 g/mol. The summed E-state index contributed by atoms with van der Waals surface area (Å²) >= 11 is 0. The molecule has 0 heterocycles. The summed E-state index contributed by atoms with van der Waals surface area (Å²) in [5.74, 6) is -0.582. The van der Waals surface area contributed by atoms with Crippen LogP contribution in [0.5, 0.6) is 5.75 Å². The Kier molecular flexibility index (Phi) is 4.34. The molecule has 2 rings (SSSR count). The highest BCUT2D eigenvalue weighted by molar-refractivity contribution is 5.84. The lowest BCUT2D eigenvalue weighted by Gasteiger charge is -2.09. The molecule has 0 saturated heterocycles. The molecule has 0 N–H and O–H groups in total. The molecule has 0 atom stereocenters. The number of aliphatic carboxylic acids is 1. The van der Waals surface area contributed by atoms with Crippen molar-refractivity contribution >= 4 is 12.0 Å². The summed E-state index contributed by atoms with van der Waals surface area (Å²) in [7, 11) is 0. The van der Waals surface area contributed by atoms with E-state index in [2.05, 4.69) is 0 Å². The number of rotatable bonds is 5. The minimum absolute atomic E-state index is 0.441. The van der Waals surface area contributed by atoms with Gasteiger partial charge in [-0.05, 0) is 23.8 Å². The molecule has 0 aromatic heterocycles. The highest BCUT2D eigenvalue weighted by Gasteiger charge is 2.00. The van der Waals surface area contributed by atoms with Crippen molar-refractivity contribution in [2.45, 2.75) is 6.61 Å². The first-order valence-electron chi connectivity index (χ1n) is 5.90. The van der Waals surface area contributed by atoms with Gasteiger partial charge in [-0.1, -0.05) is 48.5 Å². The molecule has 19 heavy (non-hydrogen) atoms. The first-order chi connectivity index (χ1) is 9.25. The Morgan fingerprint density at radius 2 is 1.74 bits per heavy atom. The van der Waals surface area contributed by atoms with Gasteiger partial charge in [0, 0.05) is 5.56 Å². The van der Waals surface area contributed by atoms with Gasteiger partial charge < -0.3 is 14.6 Å². The van der Waals surface area contributed by atoms with Crippen LogP contribution < -0.4 is 9.84 Å². The maximum absolute atomic E-state index is 10.4. The molecule has 0 aliphatic carbocycles. The molecule has 96 valence electrons. The predicted molar refractivity (Wildman–Crippen MR) is 71.3 cm³/mol. The van der Waals surface area contributed by atoms with E-state index < -0.39 is 5.97 Å². The fourth-order valence-electron chi connectivity index (χ4n) is 1.64. The quantitative estimate of drug-likeness (QED) is 0.766. The van der Waals surface area contributed by atoms with Gasteiger partial charge in [0.1, 0.15) is 12.4 Å². The maximum Gasteiger partial charge on any atom is 0.127 e. The summed E-state index contributed by atoms with van der Waals surface area (Å²) in [6.45, 7) is 0.441.